The van der Waals surface area contributed by atoms with E-state index in [0.29, 0.717) is 15.8 Å². The standard InChI is InChI=1S/C13H12BrClN2O2S/c1-8-2-4-12(11(16)6-8)17-20(18,19)13-5-3-9(14)7-10(13)15/h2-7,17H,16H2,1H3. The molecule has 0 saturated heterocycles. The second kappa shape index (κ2) is 5.63. The van der Waals surface area contributed by atoms with Crippen molar-refractivity contribution in [3.05, 3.63) is 51.5 Å². The van der Waals surface area contributed by atoms with Crippen LogP contribution in [0.3, 0.4) is 0 Å². The van der Waals surface area contributed by atoms with Crippen LogP contribution in [0, 0.1) is 6.92 Å². The second-order valence-electron chi connectivity index (χ2n) is 4.27. The molecule has 0 fully saturated rings. The smallest absolute Gasteiger partial charge is 0.263 e. The number of rotatable bonds is 3. The molecule has 106 valence electrons. The van der Waals surface area contributed by atoms with Crippen LogP contribution >= 0.6 is 27.5 Å². The first-order valence-electron chi connectivity index (χ1n) is 5.63. The summed E-state index contributed by atoms with van der Waals surface area (Å²) in [6.45, 7) is 1.88. The van der Waals surface area contributed by atoms with Gasteiger partial charge in [0.2, 0.25) is 0 Å². The van der Waals surface area contributed by atoms with Crippen LogP contribution in [-0.2, 0) is 10.0 Å². The van der Waals surface area contributed by atoms with Gasteiger partial charge in [-0.25, -0.2) is 8.42 Å². The van der Waals surface area contributed by atoms with E-state index in [-0.39, 0.29) is 9.92 Å². The van der Waals surface area contributed by atoms with Crippen LogP contribution in [0.1, 0.15) is 5.56 Å². The molecule has 0 amide bonds. The van der Waals surface area contributed by atoms with E-state index in [0.717, 1.165) is 5.56 Å². The Hall–Kier alpha value is -1.24. The molecule has 0 spiro atoms. The highest BCUT2D eigenvalue weighted by Crippen LogP contribution is 2.28. The van der Waals surface area contributed by atoms with E-state index in [4.69, 9.17) is 17.3 Å². The molecule has 4 nitrogen and oxygen atoms in total. The molecule has 0 bridgehead atoms. The van der Waals surface area contributed by atoms with Gasteiger partial charge < -0.3 is 5.73 Å². The van der Waals surface area contributed by atoms with E-state index in [1.165, 1.54) is 12.1 Å². The Morgan fingerprint density at radius 1 is 1.20 bits per heavy atom. The largest absolute Gasteiger partial charge is 0.397 e. The van der Waals surface area contributed by atoms with Crippen molar-refractivity contribution in [1.29, 1.82) is 0 Å². The van der Waals surface area contributed by atoms with Crippen molar-refractivity contribution in [3.8, 4) is 0 Å². The maximum Gasteiger partial charge on any atom is 0.263 e. The van der Waals surface area contributed by atoms with Crippen LogP contribution in [0.25, 0.3) is 0 Å². The summed E-state index contributed by atoms with van der Waals surface area (Å²) in [7, 11) is -3.78. The molecule has 7 heteroatoms. The molecular formula is C13H12BrClN2O2S. The van der Waals surface area contributed by atoms with Crippen molar-refractivity contribution >= 4 is 48.9 Å². The van der Waals surface area contributed by atoms with Gasteiger partial charge in [-0.3, -0.25) is 4.72 Å². The zero-order valence-electron chi connectivity index (χ0n) is 10.5. The first kappa shape index (κ1) is 15.2. The third-order valence-electron chi connectivity index (χ3n) is 2.63. The lowest BCUT2D eigenvalue weighted by molar-refractivity contribution is 0.601. The van der Waals surface area contributed by atoms with Crippen LogP contribution in [0.15, 0.2) is 45.8 Å². The maximum absolute atomic E-state index is 12.3. The van der Waals surface area contributed by atoms with Crippen LogP contribution in [0.5, 0.6) is 0 Å². The molecule has 0 heterocycles. The maximum atomic E-state index is 12.3. The molecule has 0 atom stereocenters. The van der Waals surface area contributed by atoms with E-state index in [1.807, 2.05) is 6.92 Å². The van der Waals surface area contributed by atoms with E-state index in [2.05, 4.69) is 20.7 Å². The number of nitrogens with two attached hydrogens (primary N) is 1. The molecule has 3 N–H and O–H groups in total. The third-order valence-corrected chi connectivity index (χ3v) is 4.98. The summed E-state index contributed by atoms with van der Waals surface area (Å²) in [4.78, 5) is 0.00217. The molecule has 2 rings (SSSR count). The Labute approximate surface area is 131 Å². The highest BCUT2D eigenvalue weighted by Gasteiger charge is 2.19. The normalized spacial score (nSPS) is 11.3. The molecule has 0 aromatic heterocycles. The lowest BCUT2D eigenvalue weighted by Crippen LogP contribution is -2.14. The summed E-state index contributed by atoms with van der Waals surface area (Å²) in [6, 6.07) is 9.65. The molecule has 2 aromatic rings. The minimum absolute atomic E-state index is 0.00217. The highest BCUT2D eigenvalue weighted by molar-refractivity contribution is 9.10. The second-order valence-corrected chi connectivity index (χ2v) is 7.24. The number of nitrogens with one attached hydrogen (secondary N) is 1. The summed E-state index contributed by atoms with van der Waals surface area (Å²) in [5.41, 5.74) is 7.44. The minimum atomic E-state index is -3.78. The average Bonchev–Trinajstić information content (AvgIpc) is 2.32. The Morgan fingerprint density at radius 2 is 1.90 bits per heavy atom. The van der Waals surface area contributed by atoms with E-state index < -0.39 is 10.0 Å². The quantitative estimate of drug-likeness (QED) is 0.802. The van der Waals surface area contributed by atoms with Gasteiger partial charge in [-0.05, 0) is 42.8 Å². The molecular weight excluding hydrogens is 364 g/mol. The molecule has 0 aliphatic rings. The van der Waals surface area contributed by atoms with Gasteiger partial charge in [-0.2, -0.15) is 0 Å². The number of hydrogen-bond acceptors (Lipinski definition) is 3. The van der Waals surface area contributed by atoms with Crippen molar-refractivity contribution in [1.82, 2.24) is 0 Å². The Balaban J connectivity index is 2.41. The van der Waals surface area contributed by atoms with Crippen molar-refractivity contribution in [2.75, 3.05) is 10.5 Å². The monoisotopic (exact) mass is 374 g/mol. The van der Waals surface area contributed by atoms with E-state index in [1.54, 1.807) is 24.3 Å². The number of halogens is 2. The summed E-state index contributed by atoms with van der Waals surface area (Å²) in [6.07, 6.45) is 0. The van der Waals surface area contributed by atoms with E-state index in [9.17, 15) is 8.42 Å². The van der Waals surface area contributed by atoms with Crippen molar-refractivity contribution in [2.45, 2.75) is 11.8 Å². The topological polar surface area (TPSA) is 72.2 Å². The molecule has 20 heavy (non-hydrogen) atoms. The molecule has 0 radical (unpaired) electrons. The van der Waals surface area contributed by atoms with Gasteiger partial charge in [-0.1, -0.05) is 33.6 Å². The minimum Gasteiger partial charge on any atom is -0.397 e. The fourth-order valence-corrected chi connectivity index (χ4v) is 3.79. The van der Waals surface area contributed by atoms with Gasteiger partial charge >= 0.3 is 0 Å². The molecule has 0 saturated carbocycles. The van der Waals surface area contributed by atoms with Gasteiger partial charge in [0.25, 0.3) is 10.0 Å². The first-order chi connectivity index (χ1) is 9.29. The van der Waals surface area contributed by atoms with E-state index >= 15 is 0 Å². The number of anilines is 2. The zero-order valence-corrected chi connectivity index (χ0v) is 13.7. The lowest BCUT2D eigenvalue weighted by Gasteiger charge is -2.12. The van der Waals surface area contributed by atoms with Gasteiger partial charge in [0, 0.05) is 4.47 Å². The number of nitrogen functional groups attached to an aromatic ring is 1. The van der Waals surface area contributed by atoms with Crippen LogP contribution in [-0.4, -0.2) is 8.42 Å². The summed E-state index contributed by atoms with van der Waals surface area (Å²) < 4.78 is 27.8. The molecule has 0 aliphatic heterocycles. The van der Waals surface area contributed by atoms with Crippen molar-refractivity contribution < 1.29 is 8.42 Å². The average molecular weight is 376 g/mol. The number of aryl methyl sites for hydroxylation is 1. The predicted octanol–water partition coefficient (Wildman–Crippen LogP) is 3.79. The summed E-state index contributed by atoms with van der Waals surface area (Å²) >= 11 is 9.19. The van der Waals surface area contributed by atoms with Gasteiger partial charge in [0.1, 0.15) is 4.90 Å². The summed E-state index contributed by atoms with van der Waals surface area (Å²) in [5, 5.41) is 0.137. The predicted molar refractivity (Wildman–Crippen MR) is 85.6 cm³/mol. The Bertz CT molecular complexity index is 763. The number of benzene rings is 2. The SMILES string of the molecule is Cc1ccc(NS(=O)(=O)c2ccc(Br)cc2Cl)c(N)c1. The van der Waals surface area contributed by atoms with Crippen molar-refractivity contribution in [3.63, 3.8) is 0 Å². The fraction of sp³-hybridized carbons (Fsp3) is 0.0769. The van der Waals surface area contributed by atoms with Crippen LogP contribution < -0.4 is 10.5 Å². The fourth-order valence-electron chi connectivity index (χ4n) is 1.67. The van der Waals surface area contributed by atoms with Crippen molar-refractivity contribution in [2.24, 2.45) is 0 Å². The lowest BCUT2D eigenvalue weighted by atomic mass is 10.2. The van der Waals surface area contributed by atoms with Gasteiger partial charge in [-0.15, -0.1) is 0 Å². The number of sulfonamides is 1. The Morgan fingerprint density at radius 3 is 2.50 bits per heavy atom. The summed E-state index contributed by atoms with van der Waals surface area (Å²) in [5.74, 6) is 0. The van der Waals surface area contributed by atoms with Crippen LogP contribution in [0.4, 0.5) is 11.4 Å². The molecule has 0 unspecified atom stereocenters. The molecule has 2 aromatic carbocycles. The Kier molecular flexibility index (Phi) is 4.27. The zero-order chi connectivity index (χ0) is 14.9. The first-order valence-corrected chi connectivity index (χ1v) is 8.29. The highest BCUT2D eigenvalue weighted by atomic mass is 79.9. The molecule has 0 aliphatic carbocycles. The van der Waals surface area contributed by atoms with Gasteiger partial charge in [0.05, 0.1) is 16.4 Å². The van der Waals surface area contributed by atoms with Crippen LogP contribution in [0.2, 0.25) is 5.02 Å². The van der Waals surface area contributed by atoms with Gasteiger partial charge in [0.15, 0.2) is 0 Å². The number of hydrogen-bond donors (Lipinski definition) is 2. The third kappa shape index (κ3) is 3.26.